The minimum absolute atomic E-state index is 0.0655. The summed E-state index contributed by atoms with van der Waals surface area (Å²) in [6.07, 6.45) is -1.20. The number of rotatable bonds is 6. The molecule has 10 heteroatoms. The number of carbonyl (C=O) groups excluding carboxylic acids is 1. The van der Waals surface area contributed by atoms with Gasteiger partial charge in [0.1, 0.15) is 5.69 Å². The Balaban J connectivity index is 1.59. The predicted octanol–water partition coefficient (Wildman–Crippen LogP) is 3.38. The van der Waals surface area contributed by atoms with Crippen molar-refractivity contribution in [3.05, 3.63) is 33.9 Å². The molecule has 0 aromatic heterocycles. The van der Waals surface area contributed by atoms with Crippen LogP contribution in [0.4, 0.5) is 24.5 Å². The van der Waals surface area contributed by atoms with Crippen molar-refractivity contribution >= 4 is 17.3 Å². The Bertz CT molecular complexity index is 773. The molecular formula is C20H27F3N4O3. The number of hydrogen-bond donors (Lipinski definition) is 0. The van der Waals surface area contributed by atoms with Crippen molar-refractivity contribution in [3.8, 4) is 0 Å². The Morgan fingerprint density at radius 1 is 1.20 bits per heavy atom. The van der Waals surface area contributed by atoms with Crippen LogP contribution < -0.4 is 4.90 Å². The highest BCUT2D eigenvalue weighted by atomic mass is 19.4. The van der Waals surface area contributed by atoms with Gasteiger partial charge >= 0.3 is 6.18 Å². The number of likely N-dealkylation sites (tertiary alicyclic amines) is 1. The molecule has 0 unspecified atom stereocenters. The van der Waals surface area contributed by atoms with Crippen LogP contribution in [0.3, 0.4) is 0 Å². The molecule has 2 fully saturated rings. The van der Waals surface area contributed by atoms with Gasteiger partial charge in [0.05, 0.1) is 10.5 Å². The van der Waals surface area contributed by atoms with E-state index in [0.29, 0.717) is 38.5 Å². The quantitative estimate of drug-likeness (QED) is 0.513. The Kier molecular flexibility index (Phi) is 6.84. The zero-order valence-electron chi connectivity index (χ0n) is 17.0. The minimum atomic E-state index is -4.64. The molecule has 0 N–H and O–H groups in total. The van der Waals surface area contributed by atoms with Crippen LogP contribution in [0.1, 0.15) is 31.2 Å². The summed E-state index contributed by atoms with van der Waals surface area (Å²) in [5.41, 5.74) is -1.43. The number of hydrogen-bond acceptors (Lipinski definition) is 5. The Morgan fingerprint density at radius 2 is 1.83 bits per heavy atom. The maximum absolute atomic E-state index is 12.9. The van der Waals surface area contributed by atoms with Crippen LogP contribution in [0.15, 0.2) is 18.2 Å². The number of piperidine rings is 1. The number of carbonyl (C=O) groups is 1. The lowest BCUT2D eigenvalue weighted by Crippen LogP contribution is -2.43. The lowest BCUT2D eigenvalue weighted by molar-refractivity contribution is -0.384. The molecule has 7 nitrogen and oxygen atoms in total. The first-order valence-electron chi connectivity index (χ1n) is 10.2. The van der Waals surface area contributed by atoms with Gasteiger partial charge in [-0.25, -0.2) is 0 Å². The van der Waals surface area contributed by atoms with Crippen LogP contribution in [-0.4, -0.2) is 66.9 Å². The van der Waals surface area contributed by atoms with Gasteiger partial charge < -0.3 is 14.7 Å². The molecule has 0 bridgehead atoms. The van der Waals surface area contributed by atoms with Crippen LogP contribution in [-0.2, 0) is 11.0 Å². The van der Waals surface area contributed by atoms with E-state index in [1.165, 1.54) is 12.8 Å². The number of nitro groups is 1. The normalized spacial score (nSPS) is 18.6. The van der Waals surface area contributed by atoms with Crippen molar-refractivity contribution in [2.45, 2.75) is 31.9 Å². The van der Waals surface area contributed by atoms with Gasteiger partial charge in [-0.2, -0.15) is 13.2 Å². The first-order chi connectivity index (χ1) is 14.2. The number of halogens is 3. The Morgan fingerprint density at radius 3 is 2.40 bits per heavy atom. The summed E-state index contributed by atoms with van der Waals surface area (Å²) < 4.78 is 38.7. The number of likely N-dealkylation sites (N-methyl/N-ethyl adjacent to an activating group) is 1. The predicted molar refractivity (Wildman–Crippen MR) is 106 cm³/mol. The Hall–Kier alpha value is -2.36. The van der Waals surface area contributed by atoms with E-state index in [9.17, 15) is 28.1 Å². The van der Waals surface area contributed by atoms with Gasteiger partial charge in [0, 0.05) is 45.2 Å². The van der Waals surface area contributed by atoms with Gasteiger partial charge in [-0.3, -0.25) is 14.9 Å². The number of alkyl halides is 3. The highest BCUT2D eigenvalue weighted by Crippen LogP contribution is 2.37. The molecule has 1 amide bonds. The zero-order chi connectivity index (χ0) is 21.9. The number of nitrogens with zero attached hydrogens (tertiary/aromatic N) is 4. The summed E-state index contributed by atoms with van der Waals surface area (Å²) in [7, 11) is 1.80. The molecule has 1 aromatic carbocycles. The zero-order valence-corrected chi connectivity index (χ0v) is 17.0. The second-order valence-corrected chi connectivity index (χ2v) is 8.03. The van der Waals surface area contributed by atoms with Crippen LogP contribution in [0.2, 0.25) is 0 Å². The molecule has 0 aliphatic carbocycles. The van der Waals surface area contributed by atoms with E-state index in [-0.39, 0.29) is 17.5 Å². The molecule has 2 heterocycles. The first kappa shape index (κ1) is 22.3. The van der Waals surface area contributed by atoms with Crippen LogP contribution in [0.25, 0.3) is 0 Å². The van der Waals surface area contributed by atoms with Gasteiger partial charge in [0.15, 0.2) is 0 Å². The highest BCUT2D eigenvalue weighted by molar-refractivity contribution is 5.79. The third-order valence-corrected chi connectivity index (χ3v) is 6.01. The molecule has 0 saturated carbocycles. The van der Waals surface area contributed by atoms with Crippen molar-refractivity contribution in [1.82, 2.24) is 9.80 Å². The molecule has 0 spiro atoms. The molecule has 1 aromatic rings. The molecule has 166 valence electrons. The smallest absolute Gasteiger partial charge is 0.366 e. The van der Waals surface area contributed by atoms with Crippen LogP contribution in [0.5, 0.6) is 0 Å². The fraction of sp³-hybridized carbons (Fsp3) is 0.650. The molecule has 0 radical (unpaired) electrons. The fourth-order valence-corrected chi connectivity index (χ4v) is 4.20. The second kappa shape index (κ2) is 9.20. The molecule has 2 aliphatic rings. The molecule has 3 rings (SSSR count). The second-order valence-electron chi connectivity index (χ2n) is 8.03. The van der Waals surface area contributed by atoms with Crippen molar-refractivity contribution < 1.29 is 22.9 Å². The number of anilines is 1. The van der Waals surface area contributed by atoms with Gasteiger partial charge in [-0.15, -0.1) is 0 Å². The molecule has 2 saturated heterocycles. The SMILES string of the molecule is CN(CCN1CCCC1)C(=O)C1CCN(c2ccc(C(F)(F)F)cc2[N+](=O)[O-])CC1. The maximum atomic E-state index is 12.9. The number of nitro benzene ring substituents is 1. The topological polar surface area (TPSA) is 69.9 Å². The van der Waals surface area contributed by atoms with Gasteiger partial charge in [0.2, 0.25) is 5.91 Å². The van der Waals surface area contributed by atoms with Crippen molar-refractivity contribution in [1.29, 1.82) is 0 Å². The third kappa shape index (κ3) is 5.21. The van der Waals surface area contributed by atoms with Crippen molar-refractivity contribution in [3.63, 3.8) is 0 Å². The molecule has 30 heavy (non-hydrogen) atoms. The fourth-order valence-electron chi connectivity index (χ4n) is 4.20. The lowest BCUT2D eigenvalue weighted by Gasteiger charge is -2.34. The van der Waals surface area contributed by atoms with E-state index in [4.69, 9.17) is 0 Å². The van der Waals surface area contributed by atoms with Crippen molar-refractivity contribution in [2.24, 2.45) is 5.92 Å². The van der Waals surface area contributed by atoms with E-state index in [0.717, 1.165) is 31.8 Å². The van der Waals surface area contributed by atoms with Crippen LogP contribution in [0, 0.1) is 16.0 Å². The highest BCUT2D eigenvalue weighted by Gasteiger charge is 2.35. The third-order valence-electron chi connectivity index (χ3n) is 6.01. The van der Waals surface area contributed by atoms with E-state index in [1.807, 2.05) is 0 Å². The average molecular weight is 428 g/mol. The van der Waals surface area contributed by atoms with E-state index in [2.05, 4.69) is 4.90 Å². The van der Waals surface area contributed by atoms with E-state index in [1.54, 1.807) is 16.8 Å². The summed E-state index contributed by atoms with van der Waals surface area (Å²) in [6, 6.07) is 2.61. The number of benzene rings is 1. The first-order valence-corrected chi connectivity index (χ1v) is 10.2. The summed E-state index contributed by atoms with van der Waals surface area (Å²) in [4.78, 5) is 29.1. The average Bonchev–Trinajstić information content (AvgIpc) is 3.24. The molecular weight excluding hydrogens is 401 g/mol. The van der Waals surface area contributed by atoms with Gasteiger partial charge in [-0.1, -0.05) is 0 Å². The van der Waals surface area contributed by atoms with Crippen molar-refractivity contribution in [2.75, 3.05) is 51.2 Å². The van der Waals surface area contributed by atoms with E-state index >= 15 is 0 Å². The minimum Gasteiger partial charge on any atom is -0.366 e. The summed E-state index contributed by atoms with van der Waals surface area (Å²) >= 11 is 0. The number of amides is 1. The monoisotopic (exact) mass is 428 g/mol. The van der Waals surface area contributed by atoms with Gasteiger partial charge in [0.25, 0.3) is 5.69 Å². The lowest BCUT2D eigenvalue weighted by atomic mass is 9.94. The summed E-state index contributed by atoms with van der Waals surface area (Å²) in [5.74, 6) is -0.103. The standard InChI is InChI=1S/C20H27F3N4O3/c1-24(12-13-25-8-2-3-9-25)19(28)15-6-10-26(11-7-15)17-5-4-16(20(21,22)23)14-18(17)27(29)30/h4-5,14-15H,2-3,6-13H2,1H3. The molecule has 0 atom stereocenters. The summed E-state index contributed by atoms with van der Waals surface area (Å²) in [5, 5.41) is 11.3. The molecule has 2 aliphatic heterocycles. The van der Waals surface area contributed by atoms with Gasteiger partial charge in [-0.05, 0) is 50.9 Å². The maximum Gasteiger partial charge on any atom is 0.416 e. The Labute approximate surface area is 173 Å². The van der Waals surface area contributed by atoms with Crippen LogP contribution >= 0.6 is 0 Å². The summed E-state index contributed by atoms with van der Waals surface area (Å²) in [6.45, 7) is 4.46. The largest absolute Gasteiger partial charge is 0.416 e. The van der Waals surface area contributed by atoms with E-state index < -0.39 is 22.4 Å².